The molecule has 0 aromatic carbocycles. The van der Waals surface area contributed by atoms with Crippen molar-refractivity contribution in [3.05, 3.63) is 34.3 Å². The Kier molecular flexibility index (Phi) is 4.46. The summed E-state index contributed by atoms with van der Waals surface area (Å²) in [6.07, 6.45) is 1.98. The lowest BCUT2D eigenvalue weighted by atomic mass is 10.1. The van der Waals surface area contributed by atoms with Gasteiger partial charge < -0.3 is 10.4 Å². The second kappa shape index (κ2) is 6.29. The minimum atomic E-state index is -1.16. The van der Waals surface area contributed by atoms with Gasteiger partial charge in [-0.15, -0.1) is 5.10 Å². The van der Waals surface area contributed by atoms with Crippen molar-refractivity contribution >= 4 is 23.2 Å². The molecule has 106 valence electrons. The smallest absolute Gasteiger partial charge is 0.358 e. The molecule has 0 aliphatic rings. The fourth-order valence-electron chi connectivity index (χ4n) is 1.75. The minimum Gasteiger partial charge on any atom is -0.476 e. The van der Waals surface area contributed by atoms with Crippen LogP contribution < -0.4 is 5.32 Å². The van der Waals surface area contributed by atoms with Crippen molar-refractivity contribution in [3.63, 3.8) is 0 Å². The number of rotatable bonds is 6. The fraction of sp³-hybridized carbons (Fsp3) is 0.333. The lowest BCUT2D eigenvalue weighted by Crippen LogP contribution is -2.36. The van der Waals surface area contributed by atoms with E-state index in [2.05, 4.69) is 15.6 Å². The summed E-state index contributed by atoms with van der Waals surface area (Å²) in [5.74, 6) is -1.39. The van der Waals surface area contributed by atoms with E-state index in [1.165, 1.54) is 16.4 Å². The second-order valence-corrected chi connectivity index (χ2v) is 5.19. The molecule has 0 spiro atoms. The first-order valence-electron chi connectivity index (χ1n) is 5.98. The third kappa shape index (κ3) is 3.89. The highest BCUT2D eigenvalue weighted by molar-refractivity contribution is 7.07. The average molecular weight is 294 g/mol. The average Bonchev–Trinajstić information content (AvgIpc) is 2.99. The van der Waals surface area contributed by atoms with E-state index in [4.69, 9.17) is 5.11 Å². The molecule has 0 saturated carbocycles. The molecule has 2 heterocycles. The van der Waals surface area contributed by atoms with Gasteiger partial charge in [0.1, 0.15) is 6.54 Å². The van der Waals surface area contributed by atoms with E-state index in [0.29, 0.717) is 0 Å². The van der Waals surface area contributed by atoms with Crippen LogP contribution in [0.15, 0.2) is 23.0 Å². The van der Waals surface area contributed by atoms with Gasteiger partial charge in [-0.05, 0) is 35.7 Å². The number of carbonyl (C=O) groups is 2. The van der Waals surface area contributed by atoms with Crippen LogP contribution in [0.3, 0.4) is 0 Å². The van der Waals surface area contributed by atoms with Gasteiger partial charge in [-0.1, -0.05) is 5.21 Å². The number of thiophene rings is 1. The van der Waals surface area contributed by atoms with Crippen LogP contribution in [-0.2, 0) is 17.8 Å². The van der Waals surface area contributed by atoms with E-state index in [9.17, 15) is 9.59 Å². The van der Waals surface area contributed by atoms with Gasteiger partial charge in [0.15, 0.2) is 5.69 Å². The van der Waals surface area contributed by atoms with Crippen LogP contribution >= 0.6 is 11.3 Å². The van der Waals surface area contributed by atoms with Crippen LogP contribution in [0, 0.1) is 0 Å². The third-order valence-electron chi connectivity index (χ3n) is 2.59. The number of carbonyl (C=O) groups excluding carboxylic acids is 1. The van der Waals surface area contributed by atoms with Crippen molar-refractivity contribution in [2.45, 2.75) is 25.9 Å². The summed E-state index contributed by atoms with van der Waals surface area (Å²) in [4.78, 5) is 22.4. The molecular formula is C12H14N4O3S. The first-order valence-corrected chi connectivity index (χ1v) is 6.92. The van der Waals surface area contributed by atoms with Gasteiger partial charge in [0.05, 0.1) is 6.20 Å². The highest BCUT2D eigenvalue weighted by Gasteiger charge is 2.12. The van der Waals surface area contributed by atoms with Gasteiger partial charge in [0.2, 0.25) is 5.91 Å². The van der Waals surface area contributed by atoms with E-state index in [1.54, 1.807) is 11.3 Å². The van der Waals surface area contributed by atoms with E-state index in [-0.39, 0.29) is 24.2 Å². The molecule has 0 saturated heterocycles. The topological polar surface area (TPSA) is 97.1 Å². The largest absolute Gasteiger partial charge is 0.476 e. The van der Waals surface area contributed by atoms with Crippen molar-refractivity contribution in [3.8, 4) is 0 Å². The number of carboxylic acids is 1. The molecule has 0 radical (unpaired) electrons. The summed E-state index contributed by atoms with van der Waals surface area (Å²) >= 11 is 1.62. The Morgan fingerprint density at radius 3 is 2.95 bits per heavy atom. The maximum Gasteiger partial charge on any atom is 0.358 e. The summed E-state index contributed by atoms with van der Waals surface area (Å²) in [5.41, 5.74) is 1.00. The monoisotopic (exact) mass is 294 g/mol. The van der Waals surface area contributed by atoms with E-state index < -0.39 is 5.97 Å². The summed E-state index contributed by atoms with van der Waals surface area (Å²) in [7, 11) is 0. The standard InChI is InChI=1S/C12H14N4O3S/c1-8(4-9-2-3-20-7-9)13-11(17)6-16-5-10(12(18)19)14-15-16/h2-3,5,7-8H,4,6H2,1H3,(H,13,17)(H,18,19). The molecule has 1 amide bonds. The van der Waals surface area contributed by atoms with Crippen molar-refractivity contribution in [1.29, 1.82) is 0 Å². The van der Waals surface area contributed by atoms with Crippen LogP contribution in [0.1, 0.15) is 23.0 Å². The molecule has 0 aliphatic carbocycles. The number of hydrogen-bond donors (Lipinski definition) is 2. The van der Waals surface area contributed by atoms with Crippen LogP contribution in [0.2, 0.25) is 0 Å². The Bertz CT molecular complexity index is 594. The minimum absolute atomic E-state index is 0.000402. The van der Waals surface area contributed by atoms with Crippen molar-refractivity contribution in [2.24, 2.45) is 0 Å². The molecule has 8 heteroatoms. The summed E-state index contributed by atoms with van der Waals surface area (Å²) < 4.78 is 1.20. The number of amides is 1. The summed E-state index contributed by atoms with van der Waals surface area (Å²) in [6, 6.07) is 2.02. The second-order valence-electron chi connectivity index (χ2n) is 4.41. The zero-order valence-electron chi connectivity index (χ0n) is 10.8. The van der Waals surface area contributed by atoms with Crippen LogP contribution in [0.4, 0.5) is 0 Å². The molecule has 0 bridgehead atoms. The van der Waals surface area contributed by atoms with Gasteiger partial charge in [0.25, 0.3) is 0 Å². The first kappa shape index (κ1) is 14.2. The summed E-state index contributed by atoms with van der Waals surface area (Å²) in [5, 5.41) is 22.6. The number of aromatic carboxylic acids is 1. The predicted octanol–water partition coefficient (Wildman–Crippen LogP) is 0.785. The van der Waals surface area contributed by atoms with Crippen molar-refractivity contribution < 1.29 is 14.7 Å². The third-order valence-corrected chi connectivity index (χ3v) is 3.32. The highest BCUT2D eigenvalue weighted by Crippen LogP contribution is 2.08. The molecule has 0 fully saturated rings. The molecule has 7 nitrogen and oxygen atoms in total. The fourth-order valence-corrected chi connectivity index (χ4v) is 2.44. The first-order chi connectivity index (χ1) is 9.54. The number of aromatic nitrogens is 3. The van der Waals surface area contributed by atoms with Gasteiger partial charge in [-0.2, -0.15) is 11.3 Å². The van der Waals surface area contributed by atoms with Crippen LogP contribution in [0.25, 0.3) is 0 Å². The lowest BCUT2D eigenvalue weighted by Gasteiger charge is -2.12. The SMILES string of the molecule is CC(Cc1ccsc1)NC(=O)Cn1cc(C(=O)O)nn1. The van der Waals surface area contributed by atoms with E-state index >= 15 is 0 Å². The predicted molar refractivity (Wildman–Crippen MR) is 72.6 cm³/mol. The van der Waals surface area contributed by atoms with E-state index in [1.807, 2.05) is 23.8 Å². The van der Waals surface area contributed by atoms with Crippen molar-refractivity contribution in [1.82, 2.24) is 20.3 Å². The molecule has 20 heavy (non-hydrogen) atoms. The number of nitrogens with zero attached hydrogens (tertiary/aromatic N) is 3. The quantitative estimate of drug-likeness (QED) is 0.820. The molecule has 1 atom stereocenters. The molecule has 2 N–H and O–H groups in total. The number of carboxylic acid groups (broad SMARTS) is 1. The molecule has 0 aliphatic heterocycles. The van der Waals surface area contributed by atoms with Gasteiger partial charge in [-0.25, -0.2) is 9.48 Å². The number of nitrogens with one attached hydrogen (secondary N) is 1. The Hall–Kier alpha value is -2.22. The molecule has 2 aromatic rings. The molecule has 1 unspecified atom stereocenters. The molecule has 2 rings (SSSR count). The number of hydrogen-bond acceptors (Lipinski definition) is 5. The maximum absolute atomic E-state index is 11.8. The van der Waals surface area contributed by atoms with Crippen LogP contribution in [-0.4, -0.2) is 38.0 Å². The maximum atomic E-state index is 11.8. The van der Waals surface area contributed by atoms with Gasteiger partial charge >= 0.3 is 5.97 Å². The van der Waals surface area contributed by atoms with Crippen LogP contribution in [0.5, 0.6) is 0 Å². The highest BCUT2D eigenvalue weighted by atomic mass is 32.1. The Morgan fingerprint density at radius 1 is 1.55 bits per heavy atom. The zero-order chi connectivity index (χ0) is 14.5. The van der Waals surface area contributed by atoms with Gasteiger partial charge in [-0.3, -0.25) is 4.79 Å². The Balaban J connectivity index is 1.83. The zero-order valence-corrected chi connectivity index (χ0v) is 11.6. The Labute approximate surface area is 119 Å². The summed E-state index contributed by atoms with van der Waals surface area (Å²) in [6.45, 7) is 1.87. The normalized spacial score (nSPS) is 12.1. The van der Waals surface area contributed by atoms with E-state index in [0.717, 1.165) is 6.42 Å². The Morgan fingerprint density at radius 2 is 2.35 bits per heavy atom. The molecule has 2 aromatic heterocycles. The van der Waals surface area contributed by atoms with Crippen molar-refractivity contribution in [2.75, 3.05) is 0 Å². The molecular weight excluding hydrogens is 280 g/mol. The lowest BCUT2D eigenvalue weighted by molar-refractivity contribution is -0.122. The van der Waals surface area contributed by atoms with Gasteiger partial charge in [0, 0.05) is 6.04 Å².